The molecule has 0 aliphatic heterocycles. The molecule has 0 fully saturated rings. The lowest BCUT2D eigenvalue weighted by Gasteiger charge is -1.06. The zero-order valence-electron chi connectivity index (χ0n) is 2.19. The molecule has 0 aliphatic rings. The van der Waals surface area contributed by atoms with Gasteiger partial charge in [-0.2, -0.15) is 0 Å². The molecular formula is CH5Cl3. The van der Waals surface area contributed by atoms with Gasteiger partial charge in [0.15, 0.2) is 0 Å². The summed E-state index contributed by atoms with van der Waals surface area (Å²) in [4.78, 5) is 0. The molecule has 0 amide bonds. The molecule has 30 valence electrons. The van der Waals surface area contributed by atoms with Gasteiger partial charge < -0.3 is 0 Å². The van der Waals surface area contributed by atoms with Gasteiger partial charge in [-0.25, -0.2) is 0 Å². The second kappa shape index (κ2) is 42.1. The Labute approximate surface area is 43.3 Å². The largest absolute Gasteiger partial charge is 0.147 e. The Bertz CT molecular complexity index is 3.25. The maximum Gasteiger partial charge on any atom is 0.0108 e. The van der Waals surface area contributed by atoms with E-state index < -0.39 is 0 Å². The minimum atomic E-state index is 0. The summed E-state index contributed by atoms with van der Waals surface area (Å²) < 4.78 is 0. The van der Waals surface area contributed by atoms with Crippen LogP contribution in [0.5, 0.6) is 0 Å². The van der Waals surface area contributed by atoms with Crippen LogP contribution in [0, 0.1) is 0 Å². The molecule has 0 N–H and O–H groups in total. The molecule has 0 spiro atoms. The molecule has 0 aromatic rings. The Kier molecular flexibility index (Phi) is 220. The average Bonchev–Trinajstić information content (AvgIpc) is 1.00. The van der Waals surface area contributed by atoms with Crippen molar-refractivity contribution in [2.45, 2.75) is 0 Å². The highest BCUT2D eigenvalue weighted by Crippen LogP contribution is 1.34. The molecule has 0 aromatic carbocycles. The van der Waals surface area contributed by atoms with E-state index in [1.165, 1.54) is 6.38 Å². The Hall–Kier alpha value is 0.870. The van der Waals surface area contributed by atoms with E-state index in [1.807, 2.05) is 0 Å². The van der Waals surface area contributed by atoms with Crippen LogP contribution in [-0.2, 0) is 0 Å². The molecule has 0 nitrogen and oxygen atoms in total. The lowest BCUT2D eigenvalue weighted by atomic mass is 12.0. The fraction of sp³-hybridized carbons (Fsp3) is 1.00. The predicted molar refractivity (Wildman–Crippen MR) is 26.3 cm³/mol. The fourth-order valence-corrected chi connectivity index (χ4v) is 0. The molecule has 3 heteroatoms. The lowest BCUT2D eigenvalue weighted by molar-refractivity contribution is 2.46. The SMILES string of the molecule is CCl.Cl.Cl. The van der Waals surface area contributed by atoms with Gasteiger partial charge in [0.1, 0.15) is 0 Å². The van der Waals surface area contributed by atoms with Crippen molar-refractivity contribution in [3.8, 4) is 0 Å². The lowest BCUT2D eigenvalue weighted by Crippen LogP contribution is -0.852. The van der Waals surface area contributed by atoms with Crippen LogP contribution in [0.15, 0.2) is 0 Å². The summed E-state index contributed by atoms with van der Waals surface area (Å²) in [5, 5.41) is 0. The molecule has 0 saturated heterocycles. The second-order valence-electron chi connectivity index (χ2n) is 0. The first-order chi connectivity index (χ1) is 1.00. The third-order valence-corrected chi connectivity index (χ3v) is 0. The van der Waals surface area contributed by atoms with Crippen LogP contribution in [-0.4, -0.2) is 6.38 Å². The van der Waals surface area contributed by atoms with Crippen molar-refractivity contribution in [3.05, 3.63) is 0 Å². The summed E-state index contributed by atoms with van der Waals surface area (Å²) in [6, 6.07) is 0. The minimum absolute atomic E-state index is 0. The summed E-state index contributed by atoms with van der Waals surface area (Å²) in [7, 11) is 0. The van der Waals surface area contributed by atoms with Gasteiger partial charge in [0.2, 0.25) is 0 Å². The van der Waals surface area contributed by atoms with Gasteiger partial charge in [-0.15, -0.1) is 36.4 Å². The molecule has 0 bridgehead atoms. The average molecular weight is 123 g/mol. The van der Waals surface area contributed by atoms with Crippen molar-refractivity contribution in [3.63, 3.8) is 0 Å². The van der Waals surface area contributed by atoms with Gasteiger partial charge in [-0.05, 0) is 0 Å². The van der Waals surface area contributed by atoms with Crippen LogP contribution in [0.3, 0.4) is 0 Å². The van der Waals surface area contributed by atoms with Gasteiger partial charge in [-0.3, -0.25) is 0 Å². The summed E-state index contributed by atoms with van der Waals surface area (Å²) >= 11 is 4.64. The summed E-state index contributed by atoms with van der Waals surface area (Å²) in [6.07, 6.45) is 1.47. The van der Waals surface area contributed by atoms with Gasteiger partial charge in [-0.1, -0.05) is 0 Å². The summed E-state index contributed by atoms with van der Waals surface area (Å²) in [5.41, 5.74) is 0. The van der Waals surface area contributed by atoms with Crippen LogP contribution in [0.25, 0.3) is 0 Å². The molecule has 0 rings (SSSR count). The van der Waals surface area contributed by atoms with Crippen molar-refractivity contribution in [1.29, 1.82) is 0 Å². The number of hydrogen-bond acceptors (Lipinski definition) is 0. The number of halogens is 3. The van der Waals surface area contributed by atoms with E-state index in [4.69, 9.17) is 0 Å². The highest BCUT2D eigenvalue weighted by atomic mass is 35.5. The Balaban J connectivity index is -0.00000000500. The van der Waals surface area contributed by atoms with E-state index in [-0.39, 0.29) is 24.8 Å². The number of alkyl halides is 1. The monoisotopic (exact) mass is 122 g/mol. The maximum absolute atomic E-state index is 4.64. The topological polar surface area (TPSA) is 0 Å². The van der Waals surface area contributed by atoms with E-state index in [0.29, 0.717) is 0 Å². The van der Waals surface area contributed by atoms with Crippen LogP contribution in [0.2, 0.25) is 0 Å². The van der Waals surface area contributed by atoms with Crippen molar-refractivity contribution in [1.82, 2.24) is 0 Å². The molecule has 0 unspecified atom stereocenters. The van der Waals surface area contributed by atoms with Crippen molar-refractivity contribution < 1.29 is 0 Å². The highest BCUT2D eigenvalue weighted by Gasteiger charge is 0.943. The van der Waals surface area contributed by atoms with E-state index in [2.05, 4.69) is 11.6 Å². The summed E-state index contributed by atoms with van der Waals surface area (Å²) in [5.74, 6) is 0. The summed E-state index contributed by atoms with van der Waals surface area (Å²) in [6.45, 7) is 0. The van der Waals surface area contributed by atoms with Gasteiger partial charge >= 0.3 is 0 Å². The first-order valence-electron chi connectivity index (χ1n) is 0.378. The Morgan fingerprint density at radius 2 is 1.00 bits per heavy atom. The van der Waals surface area contributed by atoms with Crippen LogP contribution in [0.4, 0.5) is 0 Å². The molecule has 0 aliphatic carbocycles. The molecule has 0 saturated carbocycles. The standard InChI is InChI=1S/CH3Cl.2ClH/c1-2;;/h1H3;2*1H. The smallest absolute Gasteiger partial charge is 0.0108 e. The van der Waals surface area contributed by atoms with E-state index >= 15 is 0 Å². The van der Waals surface area contributed by atoms with E-state index in [1.54, 1.807) is 0 Å². The van der Waals surface area contributed by atoms with Crippen LogP contribution < -0.4 is 0 Å². The van der Waals surface area contributed by atoms with Gasteiger partial charge in [0, 0.05) is 6.38 Å². The predicted octanol–water partition coefficient (Wildman–Crippen LogP) is 1.70. The van der Waals surface area contributed by atoms with Crippen molar-refractivity contribution in [2.24, 2.45) is 0 Å². The second-order valence-corrected chi connectivity index (χ2v) is 0. The molecule has 0 radical (unpaired) electrons. The fourth-order valence-electron chi connectivity index (χ4n) is 0. The third-order valence-electron chi connectivity index (χ3n) is 0. The van der Waals surface area contributed by atoms with E-state index in [0.717, 1.165) is 0 Å². The van der Waals surface area contributed by atoms with Crippen LogP contribution in [0.1, 0.15) is 0 Å². The Morgan fingerprint density at radius 1 is 1.00 bits per heavy atom. The van der Waals surface area contributed by atoms with Crippen molar-refractivity contribution in [2.75, 3.05) is 6.38 Å². The molecule has 0 aromatic heterocycles. The Morgan fingerprint density at radius 3 is 1.00 bits per heavy atom. The number of rotatable bonds is 0. The first-order valence-corrected chi connectivity index (χ1v) is 1.13. The normalized spacial score (nSPS) is 1.50. The van der Waals surface area contributed by atoms with Crippen LogP contribution >= 0.6 is 36.4 Å². The molecule has 0 heterocycles. The third kappa shape index (κ3) is 13.3. The minimum Gasteiger partial charge on any atom is -0.147 e. The van der Waals surface area contributed by atoms with Gasteiger partial charge in [0.05, 0.1) is 0 Å². The molecule has 4 heavy (non-hydrogen) atoms. The highest BCUT2D eigenvalue weighted by molar-refractivity contribution is 6.15. The van der Waals surface area contributed by atoms with Gasteiger partial charge in [0.25, 0.3) is 0 Å². The maximum atomic E-state index is 4.64. The first kappa shape index (κ1) is 20.9. The zero-order valence-corrected chi connectivity index (χ0v) is 4.58. The quantitative estimate of drug-likeness (QED) is 0.430. The van der Waals surface area contributed by atoms with E-state index in [9.17, 15) is 0 Å². The zero-order chi connectivity index (χ0) is 2.00. The molecular weight excluding hydrogens is 118 g/mol. The molecule has 0 atom stereocenters. The van der Waals surface area contributed by atoms with Crippen molar-refractivity contribution >= 4 is 36.4 Å². The number of hydrogen-bond donors (Lipinski definition) is 0.